The summed E-state index contributed by atoms with van der Waals surface area (Å²) in [6.07, 6.45) is 0. The summed E-state index contributed by atoms with van der Waals surface area (Å²) in [5.74, 6) is -0.817. The molecule has 0 saturated carbocycles. The lowest BCUT2D eigenvalue weighted by atomic mass is 10.2. The van der Waals surface area contributed by atoms with Crippen molar-refractivity contribution in [1.82, 2.24) is 4.90 Å². The Bertz CT molecular complexity index is 867. The highest BCUT2D eigenvalue weighted by atomic mass is 79.9. The van der Waals surface area contributed by atoms with Gasteiger partial charge in [0.25, 0.3) is 5.91 Å². The highest BCUT2D eigenvalue weighted by molar-refractivity contribution is 9.10. The van der Waals surface area contributed by atoms with Gasteiger partial charge in [0.1, 0.15) is 12.6 Å². The zero-order valence-electron chi connectivity index (χ0n) is 14.4. The minimum Gasteiger partial charge on any atom is -0.324 e. The molecule has 134 valence electrons. The normalized spacial score (nSPS) is 17.0. The van der Waals surface area contributed by atoms with E-state index >= 15 is 0 Å². The van der Waals surface area contributed by atoms with E-state index in [0.29, 0.717) is 11.4 Å². The summed E-state index contributed by atoms with van der Waals surface area (Å²) in [5.41, 5.74) is 2.29. The lowest BCUT2D eigenvalue weighted by Gasteiger charge is -2.19. The molecule has 0 unspecified atom stereocenters. The number of aryl methyl sites for hydroxylation is 1. The van der Waals surface area contributed by atoms with Crippen LogP contribution in [0.15, 0.2) is 53.0 Å². The summed E-state index contributed by atoms with van der Waals surface area (Å²) in [7, 11) is 0. The molecule has 0 aliphatic carbocycles. The van der Waals surface area contributed by atoms with Gasteiger partial charge in [0.2, 0.25) is 5.91 Å². The fourth-order valence-corrected chi connectivity index (χ4v) is 3.22. The predicted octanol–water partition coefficient (Wildman–Crippen LogP) is 3.55. The van der Waals surface area contributed by atoms with Crippen LogP contribution < -0.4 is 10.2 Å². The Morgan fingerprint density at radius 3 is 2.50 bits per heavy atom. The summed E-state index contributed by atoms with van der Waals surface area (Å²) in [6.45, 7) is 3.28. The number of nitrogens with zero attached hydrogens (tertiary/aromatic N) is 2. The molecule has 1 aliphatic rings. The summed E-state index contributed by atoms with van der Waals surface area (Å²) in [4.78, 5) is 39.9. The van der Waals surface area contributed by atoms with Crippen molar-refractivity contribution in [2.45, 2.75) is 19.9 Å². The van der Waals surface area contributed by atoms with Crippen LogP contribution >= 0.6 is 15.9 Å². The van der Waals surface area contributed by atoms with Gasteiger partial charge in [-0.05, 0) is 44.2 Å². The van der Waals surface area contributed by atoms with Crippen molar-refractivity contribution in [3.05, 3.63) is 58.6 Å². The second-order valence-electron chi connectivity index (χ2n) is 6.15. The van der Waals surface area contributed by atoms with E-state index in [1.807, 2.05) is 25.1 Å². The Labute approximate surface area is 159 Å². The van der Waals surface area contributed by atoms with E-state index in [1.165, 1.54) is 4.90 Å². The van der Waals surface area contributed by atoms with Gasteiger partial charge in [-0.15, -0.1) is 0 Å². The van der Waals surface area contributed by atoms with Crippen LogP contribution in [-0.4, -0.2) is 35.3 Å². The average molecular weight is 416 g/mol. The molecule has 1 aliphatic heterocycles. The number of amides is 4. The Balaban J connectivity index is 1.74. The second-order valence-corrected chi connectivity index (χ2v) is 7.06. The summed E-state index contributed by atoms with van der Waals surface area (Å²) in [5, 5.41) is 2.69. The average Bonchev–Trinajstić information content (AvgIpc) is 2.80. The van der Waals surface area contributed by atoms with E-state index < -0.39 is 18.0 Å². The van der Waals surface area contributed by atoms with Crippen molar-refractivity contribution in [2.75, 3.05) is 16.8 Å². The van der Waals surface area contributed by atoms with E-state index in [0.717, 1.165) is 14.9 Å². The fourth-order valence-electron chi connectivity index (χ4n) is 2.82. The van der Waals surface area contributed by atoms with Gasteiger partial charge in [-0.25, -0.2) is 4.79 Å². The maximum Gasteiger partial charge on any atom is 0.332 e. The third-order valence-electron chi connectivity index (χ3n) is 4.17. The number of urea groups is 1. The van der Waals surface area contributed by atoms with Gasteiger partial charge in [0.05, 0.1) is 0 Å². The second kappa shape index (κ2) is 7.29. The molecule has 1 heterocycles. The minimum absolute atomic E-state index is 0.323. The highest BCUT2D eigenvalue weighted by Crippen LogP contribution is 2.26. The smallest absolute Gasteiger partial charge is 0.324 e. The third kappa shape index (κ3) is 3.62. The highest BCUT2D eigenvalue weighted by Gasteiger charge is 2.43. The number of halogens is 1. The standard InChI is InChI=1S/C19H18BrN3O3/c1-12-6-8-16(9-7-12)23-13(2)18(25)22(19(23)26)11-17(24)21-15-5-3-4-14(20)10-15/h3-10,13H,11H2,1-2H3,(H,21,24)/t13-/m0/s1. The number of hydrogen-bond acceptors (Lipinski definition) is 3. The Morgan fingerprint density at radius 1 is 1.15 bits per heavy atom. The molecule has 0 spiro atoms. The number of benzene rings is 2. The monoisotopic (exact) mass is 415 g/mol. The topological polar surface area (TPSA) is 69.7 Å². The molecule has 1 atom stereocenters. The van der Waals surface area contributed by atoms with Gasteiger partial charge in [-0.2, -0.15) is 0 Å². The van der Waals surface area contributed by atoms with Crippen molar-refractivity contribution in [2.24, 2.45) is 0 Å². The molecule has 0 radical (unpaired) electrons. The van der Waals surface area contributed by atoms with E-state index in [4.69, 9.17) is 0 Å². The molecular formula is C19H18BrN3O3. The van der Waals surface area contributed by atoms with Crippen LogP contribution in [0.3, 0.4) is 0 Å². The molecule has 2 aromatic rings. The summed E-state index contributed by atoms with van der Waals surface area (Å²) >= 11 is 3.33. The van der Waals surface area contributed by atoms with Gasteiger partial charge < -0.3 is 5.32 Å². The first-order chi connectivity index (χ1) is 12.4. The molecule has 3 rings (SSSR count). The number of carbonyl (C=O) groups is 3. The van der Waals surface area contributed by atoms with E-state index in [9.17, 15) is 14.4 Å². The first-order valence-corrected chi connectivity index (χ1v) is 8.93. The zero-order chi connectivity index (χ0) is 18.8. The third-order valence-corrected chi connectivity index (χ3v) is 4.66. The van der Waals surface area contributed by atoms with Crippen LogP contribution in [0.1, 0.15) is 12.5 Å². The fraction of sp³-hybridized carbons (Fsp3) is 0.211. The SMILES string of the molecule is Cc1ccc(N2C(=O)N(CC(=O)Nc3cccc(Br)c3)C(=O)[C@@H]2C)cc1. The first-order valence-electron chi connectivity index (χ1n) is 8.13. The molecule has 2 aromatic carbocycles. The zero-order valence-corrected chi connectivity index (χ0v) is 16.0. The molecule has 4 amide bonds. The molecule has 26 heavy (non-hydrogen) atoms. The molecule has 1 saturated heterocycles. The molecule has 1 fully saturated rings. The van der Waals surface area contributed by atoms with E-state index in [-0.39, 0.29) is 12.5 Å². The number of anilines is 2. The van der Waals surface area contributed by atoms with E-state index in [2.05, 4.69) is 21.2 Å². The maximum atomic E-state index is 12.7. The number of imide groups is 1. The molecule has 7 heteroatoms. The van der Waals surface area contributed by atoms with Gasteiger partial charge in [-0.3, -0.25) is 19.4 Å². The maximum absolute atomic E-state index is 12.7. The summed E-state index contributed by atoms with van der Waals surface area (Å²) < 4.78 is 0.822. The molecule has 6 nitrogen and oxygen atoms in total. The lowest BCUT2D eigenvalue weighted by Crippen LogP contribution is -2.39. The lowest BCUT2D eigenvalue weighted by molar-refractivity contribution is -0.130. The number of nitrogens with one attached hydrogen (secondary N) is 1. The van der Waals surface area contributed by atoms with E-state index in [1.54, 1.807) is 37.3 Å². The van der Waals surface area contributed by atoms with Crippen molar-refractivity contribution in [3.63, 3.8) is 0 Å². The molecule has 0 bridgehead atoms. The van der Waals surface area contributed by atoms with Gasteiger partial charge >= 0.3 is 6.03 Å². The van der Waals surface area contributed by atoms with Crippen LogP contribution in [0.4, 0.5) is 16.2 Å². The van der Waals surface area contributed by atoms with Crippen molar-refractivity contribution >= 4 is 45.2 Å². The predicted molar refractivity (Wildman–Crippen MR) is 103 cm³/mol. The number of rotatable bonds is 4. The largest absolute Gasteiger partial charge is 0.332 e. The van der Waals surface area contributed by atoms with Crippen LogP contribution in [0.25, 0.3) is 0 Å². The molecular weight excluding hydrogens is 398 g/mol. The Kier molecular flexibility index (Phi) is 5.08. The Morgan fingerprint density at radius 2 is 1.85 bits per heavy atom. The van der Waals surface area contributed by atoms with Crippen molar-refractivity contribution in [1.29, 1.82) is 0 Å². The van der Waals surface area contributed by atoms with Gasteiger partial charge in [0, 0.05) is 15.8 Å². The molecule has 1 N–H and O–H groups in total. The van der Waals surface area contributed by atoms with Crippen molar-refractivity contribution in [3.8, 4) is 0 Å². The number of hydrogen-bond donors (Lipinski definition) is 1. The van der Waals surface area contributed by atoms with Crippen LogP contribution in [0, 0.1) is 6.92 Å². The minimum atomic E-state index is -0.649. The van der Waals surface area contributed by atoms with Crippen molar-refractivity contribution < 1.29 is 14.4 Å². The number of carbonyl (C=O) groups excluding carboxylic acids is 3. The van der Waals surface area contributed by atoms with Gasteiger partial charge in [-0.1, -0.05) is 39.7 Å². The summed E-state index contributed by atoms with van der Waals surface area (Å²) in [6, 6.07) is 13.3. The molecule has 0 aromatic heterocycles. The van der Waals surface area contributed by atoms with Crippen LogP contribution in [-0.2, 0) is 9.59 Å². The first kappa shape index (κ1) is 18.1. The van der Waals surface area contributed by atoms with Crippen LogP contribution in [0.5, 0.6) is 0 Å². The quantitative estimate of drug-likeness (QED) is 0.776. The van der Waals surface area contributed by atoms with Gasteiger partial charge in [0.15, 0.2) is 0 Å². The van der Waals surface area contributed by atoms with Crippen LogP contribution in [0.2, 0.25) is 0 Å². The Hall–Kier alpha value is -2.67.